The summed E-state index contributed by atoms with van der Waals surface area (Å²) in [6, 6.07) is 3.24. The molecule has 16 heavy (non-hydrogen) atoms. The number of hydrogen-bond acceptors (Lipinski definition) is 5. The molecule has 7 heteroatoms. The molecule has 1 heterocycles. The van der Waals surface area contributed by atoms with Gasteiger partial charge in [-0.2, -0.15) is 5.26 Å². The highest BCUT2D eigenvalue weighted by atomic mass is 19.3. The number of nitrogens with zero attached hydrogens (tertiary/aromatic N) is 2. The second-order valence-electron chi connectivity index (χ2n) is 3.02. The van der Waals surface area contributed by atoms with E-state index in [2.05, 4.69) is 10.3 Å². The zero-order valence-electron chi connectivity index (χ0n) is 8.19. The fraction of sp³-hybridized carbons (Fsp3) is 0.333. The highest BCUT2D eigenvalue weighted by molar-refractivity contribution is 5.68. The molecule has 0 amide bonds. The first-order valence-electron chi connectivity index (χ1n) is 4.41. The maximum Gasteiger partial charge on any atom is 0.265 e. The number of aromatic nitrogens is 1. The Hall–Kier alpha value is -1.94. The van der Waals surface area contributed by atoms with Crippen molar-refractivity contribution in [2.24, 2.45) is 0 Å². The van der Waals surface area contributed by atoms with Gasteiger partial charge in [0.1, 0.15) is 12.2 Å². The summed E-state index contributed by atoms with van der Waals surface area (Å²) in [5.74, 6) is 0.110. The van der Waals surface area contributed by atoms with Crippen molar-refractivity contribution in [3.05, 3.63) is 17.8 Å². The van der Waals surface area contributed by atoms with Crippen LogP contribution in [0.1, 0.15) is 5.56 Å². The minimum atomic E-state index is -2.84. The largest absolute Gasteiger partial charge is 0.395 e. The van der Waals surface area contributed by atoms with Gasteiger partial charge in [-0.1, -0.05) is 0 Å². The van der Waals surface area contributed by atoms with Gasteiger partial charge in [0.15, 0.2) is 5.82 Å². The van der Waals surface area contributed by atoms with Crippen LogP contribution in [0, 0.1) is 11.3 Å². The normalized spacial score (nSPS) is 12.2. The van der Waals surface area contributed by atoms with E-state index in [0.29, 0.717) is 0 Å². The van der Waals surface area contributed by atoms with E-state index in [4.69, 9.17) is 16.1 Å². The lowest BCUT2D eigenvalue weighted by atomic mass is 10.2. The molecule has 5 nitrogen and oxygen atoms in total. The SMILES string of the molecule is N#Cc1ccnc(NCC(O)C(F)F)c1N. The standard InChI is InChI=1S/C9H10F2N4O/c10-8(11)6(16)4-15-9-7(13)5(3-12)1-2-14-9/h1-2,6,8,16H,4,13H2,(H,14,15). The van der Waals surface area contributed by atoms with Crippen LogP contribution >= 0.6 is 0 Å². The number of nitriles is 1. The first kappa shape index (κ1) is 12.1. The number of nitrogens with two attached hydrogens (primary N) is 1. The number of rotatable bonds is 4. The molecule has 0 aliphatic rings. The van der Waals surface area contributed by atoms with Crippen LogP contribution in [0.25, 0.3) is 0 Å². The summed E-state index contributed by atoms with van der Waals surface area (Å²) in [4.78, 5) is 3.77. The lowest BCUT2D eigenvalue weighted by Crippen LogP contribution is -2.27. The Morgan fingerprint density at radius 2 is 2.31 bits per heavy atom. The molecule has 0 bridgehead atoms. The first-order valence-corrected chi connectivity index (χ1v) is 4.41. The van der Waals surface area contributed by atoms with Crippen molar-refractivity contribution in [1.29, 1.82) is 5.26 Å². The number of halogens is 2. The zero-order valence-corrected chi connectivity index (χ0v) is 8.19. The summed E-state index contributed by atoms with van der Waals surface area (Å²) in [7, 11) is 0. The molecular formula is C9H10F2N4O. The number of aliphatic hydroxyl groups is 1. The summed E-state index contributed by atoms with van der Waals surface area (Å²) < 4.78 is 24.0. The molecule has 0 saturated heterocycles. The van der Waals surface area contributed by atoms with Gasteiger partial charge in [0.25, 0.3) is 6.43 Å². The van der Waals surface area contributed by atoms with Gasteiger partial charge in [-0.05, 0) is 6.07 Å². The van der Waals surface area contributed by atoms with Crippen LogP contribution in [0.2, 0.25) is 0 Å². The Morgan fingerprint density at radius 3 is 2.88 bits per heavy atom. The van der Waals surface area contributed by atoms with Crippen LogP contribution < -0.4 is 11.1 Å². The van der Waals surface area contributed by atoms with E-state index in [1.807, 2.05) is 6.07 Å². The minimum absolute atomic E-state index is 0.0754. The van der Waals surface area contributed by atoms with Crippen molar-refractivity contribution in [3.63, 3.8) is 0 Å². The molecule has 1 rings (SSSR count). The third-order valence-electron chi connectivity index (χ3n) is 1.88. The molecule has 0 aliphatic carbocycles. The molecule has 0 aromatic carbocycles. The van der Waals surface area contributed by atoms with Crippen LogP contribution in [0.15, 0.2) is 12.3 Å². The van der Waals surface area contributed by atoms with Gasteiger partial charge in [-0.25, -0.2) is 13.8 Å². The van der Waals surface area contributed by atoms with Gasteiger partial charge < -0.3 is 16.2 Å². The van der Waals surface area contributed by atoms with Crippen LogP contribution in [0.4, 0.5) is 20.3 Å². The molecule has 1 unspecified atom stereocenters. The topological polar surface area (TPSA) is 95.0 Å². The molecule has 1 aromatic rings. The lowest BCUT2D eigenvalue weighted by molar-refractivity contribution is 0.00381. The van der Waals surface area contributed by atoms with E-state index < -0.39 is 12.5 Å². The van der Waals surface area contributed by atoms with Gasteiger partial charge in [0.05, 0.1) is 11.3 Å². The number of nitrogen functional groups attached to an aromatic ring is 1. The minimum Gasteiger partial charge on any atom is -0.395 e. The summed E-state index contributed by atoms with van der Waals surface area (Å²) in [6.45, 7) is -0.385. The molecule has 0 saturated carbocycles. The molecule has 0 fully saturated rings. The highest BCUT2D eigenvalue weighted by Gasteiger charge is 2.17. The number of hydrogen-bond donors (Lipinski definition) is 3. The van der Waals surface area contributed by atoms with E-state index >= 15 is 0 Å². The summed E-state index contributed by atoms with van der Waals surface area (Å²) in [5, 5.41) is 20.0. The summed E-state index contributed by atoms with van der Waals surface area (Å²) in [5.41, 5.74) is 5.81. The summed E-state index contributed by atoms with van der Waals surface area (Å²) >= 11 is 0. The molecular weight excluding hydrogens is 218 g/mol. The van der Waals surface area contributed by atoms with E-state index in [9.17, 15) is 8.78 Å². The van der Waals surface area contributed by atoms with Crippen molar-refractivity contribution >= 4 is 11.5 Å². The predicted molar refractivity (Wildman–Crippen MR) is 53.9 cm³/mol. The maximum absolute atomic E-state index is 12.0. The number of anilines is 2. The van der Waals surface area contributed by atoms with E-state index in [-0.39, 0.29) is 23.6 Å². The number of pyridine rings is 1. The van der Waals surface area contributed by atoms with Crippen LogP contribution in [0.3, 0.4) is 0 Å². The average Bonchev–Trinajstić information content (AvgIpc) is 2.27. The average molecular weight is 228 g/mol. The highest BCUT2D eigenvalue weighted by Crippen LogP contribution is 2.18. The van der Waals surface area contributed by atoms with Gasteiger partial charge >= 0.3 is 0 Å². The molecule has 1 atom stereocenters. The number of aliphatic hydroxyl groups excluding tert-OH is 1. The maximum atomic E-state index is 12.0. The monoisotopic (exact) mass is 228 g/mol. The van der Waals surface area contributed by atoms with Crippen molar-refractivity contribution in [1.82, 2.24) is 4.98 Å². The van der Waals surface area contributed by atoms with E-state index in [1.165, 1.54) is 12.3 Å². The third kappa shape index (κ3) is 2.77. The van der Waals surface area contributed by atoms with E-state index in [1.54, 1.807) is 0 Å². The van der Waals surface area contributed by atoms with Crippen molar-refractivity contribution in [2.45, 2.75) is 12.5 Å². The fourth-order valence-corrected chi connectivity index (χ4v) is 1.00. The van der Waals surface area contributed by atoms with E-state index in [0.717, 1.165) is 0 Å². The van der Waals surface area contributed by atoms with Crippen molar-refractivity contribution in [3.8, 4) is 6.07 Å². The predicted octanol–water partition coefficient (Wildman–Crippen LogP) is 0.573. The zero-order chi connectivity index (χ0) is 12.1. The smallest absolute Gasteiger partial charge is 0.265 e. The second-order valence-corrected chi connectivity index (χ2v) is 3.02. The molecule has 0 aliphatic heterocycles. The number of alkyl halides is 2. The van der Waals surface area contributed by atoms with Gasteiger partial charge in [-0.3, -0.25) is 0 Å². The lowest BCUT2D eigenvalue weighted by Gasteiger charge is -2.12. The second kappa shape index (κ2) is 5.23. The third-order valence-corrected chi connectivity index (χ3v) is 1.88. The Balaban J connectivity index is 2.72. The van der Waals surface area contributed by atoms with Gasteiger partial charge in [0.2, 0.25) is 0 Å². The van der Waals surface area contributed by atoms with Gasteiger partial charge in [0, 0.05) is 12.7 Å². The fourth-order valence-electron chi connectivity index (χ4n) is 1.00. The Kier molecular flexibility index (Phi) is 3.96. The molecule has 0 spiro atoms. The summed E-state index contributed by atoms with van der Waals surface area (Å²) in [6.07, 6.45) is -3.31. The van der Waals surface area contributed by atoms with Crippen molar-refractivity contribution < 1.29 is 13.9 Å². The molecule has 4 N–H and O–H groups in total. The van der Waals surface area contributed by atoms with Crippen LogP contribution in [-0.2, 0) is 0 Å². The molecule has 0 radical (unpaired) electrons. The Morgan fingerprint density at radius 1 is 1.62 bits per heavy atom. The van der Waals surface area contributed by atoms with Gasteiger partial charge in [-0.15, -0.1) is 0 Å². The first-order chi connectivity index (χ1) is 7.56. The quantitative estimate of drug-likeness (QED) is 0.700. The number of nitrogens with one attached hydrogen (secondary N) is 1. The molecule has 86 valence electrons. The van der Waals surface area contributed by atoms with Crippen LogP contribution in [0.5, 0.6) is 0 Å². The van der Waals surface area contributed by atoms with Crippen molar-refractivity contribution in [2.75, 3.05) is 17.6 Å². The van der Waals surface area contributed by atoms with Crippen LogP contribution in [-0.4, -0.2) is 29.2 Å². The Bertz CT molecular complexity index is 405. The Labute approximate surface area is 90.5 Å². The molecule has 1 aromatic heterocycles.